The van der Waals surface area contributed by atoms with Gasteiger partial charge < -0.3 is 9.52 Å². The number of nitrogens with zero attached hydrogens (tertiary/aromatic N) is 1. The predicted molar refractivity (Wildman–Crippen MR) is 111 cm³/mol. The lowest BCUT2D eigenvalue weighted by atomic mass is 9.89. The van der Waals surface area contributed by atoms with Crippen molar-refractivity contribution in [3.05, 3.63) is 57.9 Å². The van der Waals surface area contributed by atoms with Crippen LogP contribution in [0.5, 0.6) is 5.75 Å². The monoisotopic (exact) mass is 379 g/mol. The van der Waals surface area contributed by atoms with E-state index in [4.69, 9.17) is 9.40 Å². The summed E-state index contributed by atoms with van der Waals surface area (Å²) in [7, 11) is 0. The molecule has 27 heavy (non-hydrogen) atoms. The number of benzene rings is 2. The third-order valence-electron chi connectivity index (χ3n) is 4.66. The van der Waals surface area contributed by atoms with Gasteiger partial charge in [-0.3, -0.25) is 4.79 Å². The van der Waals surface area contributed by atoms with Gasteiger partial charge >= 0.3 is 0 Å². The zero-order chi connectivity index (χ0) is 19.3. The topological polar surface area (TPSA) is 63.3 Å². The summed E-state index contributed by atoms with van der Waals surface area (Å²) in [6, 6.07) is 11.1. The molecule has 4 aromatic rings. The fourth-order valence-corrected chi connectivity index (χ4v) is 4.26. The lowest BCUT2D eigenvalue weighted by molar-refractivity contribution is 0.421. The normalized spacial score (nSPS) is 12.1. The standard InChI is InChI=1S/C22H21NO3S/c1-5-12-10-13-16(11-15(12)24)26-20(22(2,3)4)18(19(13)25)21-23-14-8-6-7-9-17(14)27-21/h6-11,24H,5H2,1-4H3. The first-order chi connectivity index (χ1) is 12.8. The molecule has 1 N–H and O–H groups in total. The number of phenolic OH excluding ortho intramolecular Hbond substituents is 1. The molecule has 138 valence electrons. The number of hydrogen-bond donors (Lipinski definition) is 1. The van der Waals surface area contributed by atoms with Gasteiger partial charge in [0.05, 0.1) is 21.2 Å². The second-order valence-electron chi connectivity index (χ2n) is 7.70. The van der Waals surface area contributed by atoms with Crippen LogP contribution in [-0.4, -0.2) is 10.1 Å². The number of aryl methyl sites for hydroxylation is 1. The summed E-state index contributed by atoms with van der Waals surface area (Å²) in [6.45, 7) is 7.97. The molecule has 0 atom stereocenters. The summed E-state index contributed by atoms with van der Waals surface area (Å²) in [5, 5.41) is 11.4. The van der Waals surface area contributed by atoms with Crippen molar-refractivity contribution in [3.8, 4) is 16.3 Å². The largest absolute Gasteiger partial charge is 0.508 e. The maximum Gasteiger partial charge on any atom is 0.203 e. The Morgan fingerprint density at radius 1 is 1.19 bits per heavy atom. The van der Waals surface area contributed by atoms with Crippen LogP contribution in [0.1, 0.15) is 39.0 Å². The van der Waals surface area contributed by atoms with Gasteiger partial charge in [-0.15, -0.1) is 11.3 Å². The van der Waals surface area contributed by atoms with Crippen molar-refractivity contribution in [1.82, 2.24) is 4.98 Å². The van der Waals surface area contributed by atoms with E-state index in [0.29, 0.717) is 33.7 Å². The summed E-state index contributed by atoms with van der Waals surface area (Å²) in [5.41, 5.74) is 2.04. The Morgan fingerprint density at radius 3 is 2.59 bits per heavy atom. The number of hydrogen-bond acceptors (Lipinski definition) is 5. The highest BCUT2D eigenvalue weighted by Gasteiger charge is 2.28. The first kappa shape index (κ1) is 17.7. The lowest BCUT2D eigenvalue weighted by Crippen LogP contribution is -2.19. The summed E-state index contributed by atoms with van der Waals surface area (Å²) >= 11 is 1.50. The molecule has 0 amide bonds. The van der Waals surface area contributed by atoms with Gasteiger partial charge in [0.1, 0.15) is 22.1 Å². The van der Waals surface area contributed by atoms with Crippen LogP contribution in [0.4, 0.5) is 0 Å². The third-order valence-corrected chi connectivity index (χ3v) is 5.72. The fraction of sp³-hybridized carbons (Fsp3) is 0.273. The van der Waals surface area contributed by atoms with Crippen LogP contribution < -0.4 is 5.43 Å². The Morgan fingerprint density at radius 2 is 1.93 bits per heavy atom. The van der Waals surface area contributed by atoms with Crippen molar-refractivity contribution in [1.29, 1.82) is 0 Å². The van der Waals surface area contributed by atoms with Crippen LogP contribution in [0.3, 0.4) is 0 Å². The van der Waals surface area contributed by atoms with Crippen LogP contribution in [0.2, 0.25) is 0 Å². The second kappa shape index (κ2) is 6.20. The first-order valence-electron chi connectivity index (χ1n) is 8.98. The van der Waals surface area contributed by atoms with E-state index in [1.54, 1.807) is 12.1 Å². The maximum absolute atomic E-state index is 13.5. The Hall–Kier alpha value is -2.66. The number of aromatic nitrogens is 1. The summed E-state index contributed by atoms with van der Waals surface area (Å²) < 4.78 is 7.21. The van der Waals surface area contributed by atoms with Crippen LogP contribution in [0.15, 0.2) is 45.6 Å². The number of aromatic hydroxyl groups is 1. The summed E-state index contributed by atoms with van der Waals surface area (Å²) in [4.78, 5) is 18.2. The number of para-hydroxylation sites is 1. The molecular formula is C22H21NO3S. The van der Waals surface area contributed by atoms with Gasteiger partial charge in [-0.25, -0.2) is 4.98 Å². The van der Waals surface area contributed by atoms with Gasteiger partial charge in [0, 0.05) is 11.5 Å². The van der Waals surface area contributed by atoms with Gasteiger partial charge in [0.2, 0.25) is 5.43 Å². The molecule has 2 aromatic heterocycles. The van der Waals surface area contributed by atoms with Crippen LogP contribution in [0, 0.1) is 0 Å². The molecule has 5 heteroatoms. The minimum absolute atomic E-state index is 0.102. The molecule has 4 nitrogen and oxygen atoms in total. The molecule has 0 fully saturated rings. The van der Waals surface area contributed by atoms with Crippen molar-refractivity contribution in [3.63, 3.8) is 0 Å². The highest BCUT2D eigenvalue weighted by molar-refractivity contribution is 7.21. The quantitative estimate of drug-likeness (QED) is 0.490. The zero-order valence-corrected chi connectivity index (χ0v) is 16.6. The predicted octanol–water partition coefficient (Wildman–Crippen LogP) is 5.64. The molecule has 0 saturated heterocycles. The molecule has 0 aliphatic rings. The minimum Gasteiger partial charge on any atom is -0.508 e. The SMILES string of the molecule is CCc1cc2c(=O)c(-c3nc4ccccc4s3)c(C(C)(C)C)oc2cc1O. The molecule has 4 rings (SSSR count). The molecular weight excluding hydrogens is 358 g/mol. The van der Waals surface area contributed by atoms with Crippen molar-refractivity contribution in [2.75, 3.05) is 0 Å². The molecule has 0 aliphatic carbocycles. The zero-order valence-electron chi connectivity index (χ0n) is 15.8. The molecule has 0 unspecified atom stereocenters. The Labute approximate surface area is 161 Å². The van der Waals surface area contributed by atoms with E-state index < -0.39 is 0 Å². The number of thiazole rings is 1. The van der Waals surface area contributed by atoms with Crippen molar-refractivity contribution < 1.29 is 9.52 Å². The van der Waals surface area contributed by atoms with Crippen molar-refractivity contribution >= 4 is 32.5 Å². The summed E-state index contributed by atoms with van der Waals surface area (Å²) in [5.74, 6) is 0.739. The Balaban J connectivity index is 2.12. The fourth-order valence-electron chi connectivity index (χ4n) is 3.26. The molecule has 0 saturated carbocycles. The van der Waals surface area contributed by atoms with Crippen LogP contribution >= 0.6 is 11.3 Å². The number of phenols is 1. The van der Waals surface area contributed by atoms with E-state index >= 15 is 0 Å². The Bertz CT molecular complexity index is 1200. The maximum atomic E-state index is 13.5. The lowest BCUT2D eigenvalue weighted by Gasteiger charge is -2.20. The molecule has 0 radical (unpaired) electrons. The summed E-state index contributed by atoms with van der Waals surface area (Å²) in [6.07, 6.45) is 0.638. The smallest absolute Gasteiger partial charge is 0.203 e. The van der Waals surface area contributed by atoms with E-state index in [1.165, 1.54) is 11.3 Å². The van der Waals surface area contributed by atoms with Crippen LogP contribution in [0.25, 0.3) is 31.8 Å². The third kappa shape index (κ3) is 2.92. The number of fused-ring (bicyclic) bond motifs is 2. The second-order valence-corrected chi connectivity index (χ2v) is 8.73. The molecule has 2 heterocycles. The average molecular weight is 379 g/mol. The van der Waals surface area contributed by atoms with E-state index in [0.717, 1.165) is 15.8 Å². The van der Waals surface area contributed by atoms with E-state index in [-0.39, 0.29) is 16.6 Å². The number of rotatable bonds is 2. The minimum atomic E-state index is -0.389. The van der Waals surface area contributed by atoms with Gasteiger partial charge in [-0.1, -0.05) is 39.8 Å². The molecule has 0 spiro atoms. The molecule has 2 aromatic carbocycles. The Kier molecular flexibility index (Phi) is 4.07. The van der Waals surface area contributed by atoms with Gasteiger partial charge in [0.25, 0.3) is 0 Å². The molecule has 0 aliphatic heterocycles. The van der Waals surface area contributed by atoms with Crippen molar-refractivity contribution in [2.45, 2.75) is 39.5 Å². The van der Waals surface area contributed by atoms with Gasteiger partial charge in [0.15, 0.2) is 0 Å². The van der Waals surface area contributed by atoms with Crippen LogP contribution in [-0.2, 0) is 11.8 Å². The highest BCUT2D eigenvalue weighted by Crippen LogP contribution is 2.37. The van der Waals surface area contributed by atoms with Crippen molar-refractivity contribution in [2.24, 2.45) is 0 Å². The van der Waals surface area contributed by atoms with E-state index in [2.05, 4.69) is 0 Å². The van der Waals surface area contributed by atoms with Gasteiger partial charge in [-0.2, -0.15) is 0 Å². The highest BCUT2D eigenvalue weighted by atomic mass is 32.1. The average Bonchev–Trinajstić information content (AvgIpc) is 3.03. The van der Waals surface area contributed by atoms with E-state index in [9.17, 15) is 9.90 Å². The van der Waals surface area contributed by atoms with E-state index in [1.807, 2.05) is 52.0 Å². The van der Waals surface area contributed by atoms with Gasteiger partial charge in [-0.05, 0) is 30.2 Å². The molecule has 0 bridgehead atoms. The first-order valence-corrected chi connectivity index (χ1v) is 9.80.